The van der Waals surface area contributed by atoms with Gasteiger partial charge in [-0.1, -0.05) is 6.07 Å². The minimum Gasteiger partial charge on any atom is -0.303 e. The van der Waals surface area contributed by atoms with Crippen LogP contribution in [0.4, 0.5) is 10.1 Å². The minimum atomic E-state index is -0.323. The van der Waals surface area contributed by atoms with E-state index < -0.39 is 0 Å². The molecule has 2 aromatic heterocycles. The summed E-state index contributed by atoms with van der Waals surface area (Å²) < 4.78 is 15.1. The number of pyridine rings is 1. The standard InChI is InChI=1S/C22H19FN4OS/c1-13-4-9-20(24-12-13)27-14(2)10-16(15(27)3)11-19-21(28)26-22(29-19)25-18-7-5-17(23)6-8-18/h4-12H,1-3H3,(H,25,26,28)/b19-11+. The van der Waals surface area contributed by atoms with Crippen LogP contribution in [0.3, 0.4) is 0 Å². The number of hydrogen-bond donors (Lipinski definition) is 1. The van der Waals surface area contributed by atoms with Crippen LogP contribution in [-0.4, -0.2) is 20.6 Å². The van der Waals surface area contributed by atoms with Crippen molar-refractivity contribution in [2.24, 2.45) is 4.99 Å². The van der Waals surface area contributed by atoms with Crippen LogP contribution in [0, 0.1) is 26.6 Å². The van der Waals surface area contributed by atoms with Gasteiger partial charge in [0.25, 0.3) is 5.91 Å². The van der Waals surface area contributed by atoms with Crippen LogP contribution in [0.25, 0.3) is 11.9 Å². The van der Waals surface area contributed by atoms with Gasteiger partial charge in [0.15, 0.2) is 5.17 Å². The Morgan fingerprint density at radius 2 is 1.90 bits per heavy atom. The molecule has 0 atom stereocenters. The lowest BCUT2D eigenvalue weighted by Crippen LogP contribution is -2.19. The molecule has 1 amide bonds. The van der Waals surface area contributed by atoms with Crippen molar-refractivity contribution in [2.45, 2.75) is 20.8 Å². The molecule has 3 aromatic rings. The van der Waals surface area contributed by atoms with Crippen molar-refractivity contribution >= 4 is 34.6 Å². The molecule has 0 saturated carbocycles. The average Bonchev–Trinajstić information content (AvgIpc) is 3.17. The smallest absolute Gasteiger partial charge is 0.264 e. The first-order valence-electron chi connectivity index (χ1n) is 9.08. The lowest BCUT2D eigenvalue weighted by atomic mass is 10.2. The van der Waals surface area contributed by atoms with Crippen molar-refractivity contribution in [1.29, 1.82) is 0 Å². The maximum atomic E-state index is 13.0. The Morgan fingerprint density at radius 1 is 1.14 bits per heavy atom. The number of carbonyl (C=O) groups is 1. The van der Waals surface area contributed by atoms with Gasteiger partial charge in [-0.25, -0.2) is 14.4 Å². The number of rotatable bonds is 3. The number of nitrogens with one attached hydrogen (secondary N) is 1. The van der Waals surface area contributed by atoms with Gasteiger partial charge < -0.3 is 9.88 Å². The molecule has 0 radical (unpaired) electrons. The van der Waals surface area contributed by atoms with E-state index in [9.17, 15) is 9.18 Å². The molecule has 0 aliphatic carbocycles. The van der Waals surface area contributed by atoms with Crippen molar-refractivity contribution in [3.8, 4) is 5.82 Å². The van der Waals surface area contributed by atoms with Crippen molar-refractivity contribution in [1.82, 2.24) is 14.9 Å². The van der Waals surface area contributed by atoms with Crippen molar-refractivity contribution < 1.29 is 9.18 Å². The molecular weight excluding hydrogens is 387 g/mol. The topological polar surface area (TPSA) is 59.3 Å². The third kappa shape index (κ3) is 4.00. The summed E-state index contributed by atoms with van der Waals surface area (Å²) in [6, 6.07) is 11.9. The summed E-state index contributed by atoms with van der Waals surface area (Å²) in [5.41, 5.74) is 4.67. The average molecular weight is 406 g/mol. The Morgan fingerprint density at radius 3 is 2.59 bits per heavy atom. The minimum absolute atomic E-state index is 0.200. The lowest BCUT2D eigenvalue weighted by molar-refractivity contribution is -0.115. The number of aliphatic imine (C=N–C) groups is 1. The molecule has 5 nitrogen and oxygen atoms in total. The molecule has 0 bridgehead atoms. The number of amidine groups is 1. The molecule has 1 aliphatic rings. The molecule has 1 N–H and O–H groups in total. The van der Waals surface area contributed by atoms with Gasteiger partial charge in [0.1, 0.15) is 11.6 Å². The van der Waals surface area contributed by atoms with Crippen LogP contribution in [0.1, 0.15) is 22.5 Å². The summed E-state index contributed by atoms with van der Waals surface area (Å²) in [7, 11) is 0. The SMILES string of the molecule is Cc1ccc(-n2c(C)cc(/C=C3/SC(=Nc4ccc(F)cc4)NC3=O)c2C)nc1. The number of carbonyl (C=O) groups excluding carboxylic acids is 1. The fourth-order valence-electron chi connectivity index (χ4n) is 3.13. The number of hydrogen-bond acceptors (Lipinski definition) is 4. The van der Waals surface area contributed by atoms with Crippen LogP contribution in [0.15, 0.2) is 58.6 Å². The van der Waals surface area contributed by atoms with E-state index in [1.165, 1.54) is 23.9 Å². The summed E-state index contributed by atoms with van der Waals surface area (Å²) in [4.78, 5) is 21.8. The molecule has 3 heterocycles. The van der Waals surface area contributed by atoms with Crippen LogP contribution in [-0.2, 0) is 4.79 Å². The number of halogens is 1. The Bertz CT molecular complexity index is 1140. The Hall–Kier alpha value is -3.19. The molecule has 0 unspecified atom stereocenters. The van der Waals surface area contributed by atoms with E-state index in [4.69, 9.17) is 0 Å². The molecule has 29 heavy (non-hydrogen) atoms. The highest BCUT2D eigenvalue weighted by molar-refractivity contribution is 8.18. The quantitative estimate of drug-likeness (QED) is 0.634. The normalized spacial score (nSPS) is 16.6. The van der Waals surface area contributed by atoms with Crippen LogP contribution in [0.5, 0.6) is 0 Å². The Balaban J connectivity index is 1.63. The maximum Gasteiger partial charge on any atom is 0.264 e. The number of nitrogens with zero attached hydrogens (tertiary/aromatic N) is 3. The van der Waals surface area contributed by atoms with Gasteiger partial charge in [0, 0.05) is 17.6 Å². The van der Waals surface area contributed by atoms with Gasteiger partial charge in [-0.15, -0.1) is 0 Å². The Labute approximate surface area is 172 Å². The van der Waals surface area contributed by atoms with Gasteiger partial charge in [0.2, 0.25) is 0 Å². The van der Waals surface area contributed by atoms with E-state index in [1.54, 1.807) is 12.1 Å². The molecular formula is C22H19FN4OS. The highest BCUT2D eigenvalue weighted by Gasteiger charge is 2.24. The predicted molar refractivity (Wildman–Crippen MR) is 115 cm³/mol. The summed E-state index contributed by atoms with van der Waals surface area (Å²) >= 11 is 1.27. The van der Waals surface area contributed by atoms with Gasteiger partial charge in [0.05, 0.1) is 10.6 Å². The first kappa shape index (κ1) is 19.1. The van der Waals surface area contributed by atoms with Crippen molar-refractivity contribution in [3.63, 3.8) is 0 Å². The van der Waals surface area contributed by atoms with E-state index in [1.807, 2.05) is 51.2 Å². The summed E-state index contributed by atoms with van der Waals surface area (Å²) in [5, 5.41) is 3.23. The second-order valence-corrected chi connectivity index (χ2v) is 7.84. The zero-order valence-electron chi connectivity index (χ0n) is 16.2. The summed E-state index contributed by atoms with van der Waals surface area (Å²) in [6.45, 7) is 6.02. The van der Waals surface area contributed by atoms with E-state index in [2.05, 4.69) is 19.9 Å². The summed E-state index contributed by atoms with van der Waals surface area (Å²) in [6.07, 6.45) is 3.70. The second-order valence-electron chi connectivity index (χ2n) is 6.81. The molecule has 1 saturated heterocycles. The second kappa shape index (κ2) is 7.67. The van der Waals surface area contributed by atoms with Gasteiger partial charge >= 0.3 is 0 Å². The monoisotopic (exact) mass is 406 g/mol. The number of aryl methyl sites for hydroxylation is 2. The van der Waals surface area contributed by atoms with Gasteiger partial charge in [-0.05, 0) is 86.1 Å². The first-order chi connectivity index (χ1) is 13.9. The molecule has 1 aliphatic heterocycles. The number of thioether (sulfide) groups is 1. The van der Waals surface area contributed by atoms with Crippen molar-refractivity contribution in [3.05, 3.63) is 81.9 Å². The highest BCUT2D eigenvalue weighted by Crippen LogP contribution is 2.30. The Kier molecular flexibility index (Phi) is 5.07. The largest absolute Gasteiger partial charge is 0.303 e. The van der Waals surface area contributed by atoms with Crippen LogP contribution in [0.2, 0.25) is 0 Å². The number of amides is 1. The molecule has 4 rings (SSSR count). The molecule has 7 heteroatoms. The van der Waals surface area contributed by atoms with Crippen LogP contribution >= 0.6 is 11.8 Å². The fraction of sp³-hybridized carbons (Fsp3) is 0.136. The van der Waals surface area contributed by atoms with E-state index in [0.29, 0.717) is 15.8 Å². The maximum absolute atomic E-state index is 13.0. The van der Waals surface area contributed by atoms with Crippen molar-refractivity contribution in [2.75, 3.05) is 0 Å². The molecule has 1 aromatic carbocycles. The highest BCUT2D eigenvalue weighted by atomic mass is 32.2. The molecule has 1 fully saturated rings. The van der Waals surface area contributed by atoms with E-state index in [-0.39, 0.29) is 11.7 Å². The number of benzene rings is 1. The summed E-state index contributed by atoms with van der Waals surface area (Å²) in [5.74, 6) is 0.322. The zero-order chi connectivity index (χ0) is 20.5. The third-order valence-corrected chi connectivity index (χ3v) is 5.50. The number of aromatic nitrogens is 2. The first-order valence-corrected chi connectivity index (χ1v) is 9.89. The van der Waals surface area contributed by atoms with Gasteiger partial charge in [-0.3, -0.25) is 4.79 Å². The van der Waals surface area contributed by atoms with E-state index >= 15 is 0 Å². The molecule has 146 valence electrons. The third-order valence-electron chi connectivity index (χ3n) is 4.59. The van der Waals surface area contributed by atoms with E-state index in [0.717, 1.165) is 28.3 Å². The zero-order valence-corrected chi connectivity index (χ0v) is 17.0. The lowest BCUT2D eigenvalue weighted by Gasteiger charge is -2.08. The fourth-order valence-corrected chi connectivity index (χ4v) is 3.97. The van der Waals surface area contributed by atoms with Gasteiger partial charge in [-0.2, -0.15) is 0 Å². The predicted octanol–water partition coefficient (Wildman–Crippen LogP) is 4.83. The van der Waals surface area contributed by atoms with Crippen LogP contribution < -0.4 is 5.32 Å². The molecule has 0 spiro atoms.